The van der Waals surface area contributed by atoms with E-state index in [0.29, 0.717) is 12.8 Å². The van der Waals surface area contributed by atoms with Crippen molar-refractivity contribution in [3.05, 3.63) is 47.3 Å². The molecule has 0 saturated carbocycles. The van der Waals surface area contributed by atoms with Gasteiger partial charge < -0.3 is 15.2 Å². The Morgan fingerprint density at radius 3 is 2.97 bits per heavy atom. The second kappa shape index (κ2) is 8.06. The number of hydrazone groups is 1. The molecule has 1 amide bonds. The molecular weight excluding hydrogens is 364 g/mol. The van der Waals surface area contributed by atoms with E-state index in [0.717, 1.165) is 18.7 Å². The summed E-state index contributed by atoms with van der Waals surface area (Å²) in [7, 11) is 0. The predicted molar refractivity (Wildman–Crippen MR) is 115 cm³/mol. The molecule has 156 valence electrons. The Hall–Kier alpha value is -2.54. The van der Waals surface area contributed by atoms with Crippen molar-refractivity contribution in [2.75, 3.05) is 0 Å². The molecule has 1 aromatic carbocycles. The molecule has 7 nitrogen and oxygen atoms in total. The molecule has 3 aliphatic heterocycles. The van der Waals surface area contributed by atoms with Gasteiger partial charge in [0.1, 0.15) is 12.0 Å². The topological polar surface area (TPSA) is 72.0 Å². The minimum absolute atomic E-state index is 0.0886. The van der Waals surface area contributed by atoms with Gasteiger partial charge in [0.25, 0.3) is 0 Å². The first kappa shape index (κ1) is 19.8. The van der Waals surface area contributed by atoms with E-state index in [1.54, 1.807) is 0 Å². The van der Waals surface area contributed by atoms with Gasteiger partial charge in [0.15, 0.2) is 0 Å². The van der Waals surface area contributed by atoms with Gasteiger partial charge in [0, 0.05) is 31.3 Å². The summed E-state index contributed by atoms with van der Waals surface area (Å²) >= 11 is 0. The minimum Gasteiger partial charge on any atom is -0.354 e. The van der Waals surface area contributed by atoms with E-state index < -0.39 is 0 Å². The summed E-state index contributed by atoms with van der Waals surface area (Å²) in [5.41, 5.74) is 10.9. The standard InChI is InChI=1S/C22H32N6O/c1-5-16(4)23-21(29)9-8-20-24-25-22-19-13-18(26-28(19)11-10-27(20)22)17-12-14(2)6-7-15(17)3/h6-7,10-12,16,18-19,22,25-26H,5,8-9,13H2,1-4H3,(H,23,29). The van der Waals surface area contributed by atoms with E-state index >= 15 is 0 Å². The van der Waals surface area contributed by atoms with Gasteiger partial charge in [-0.1, -0.05) is 30.7 Å². The van der Waals surface area contributed by atoms with Crippen LogP contribution in [-0.4, -0.2) is 39.9 Å². The molecule has 4 rings (SSSR count). The molecule has 0 aromatic heterocycles. The summed E-state index contributed by atoms with van der Waals surface area (Å²) < 4.78 is 0. The number of nitrogens with one attached hydrogen (secondary N) is 3. The SMILES string of the molecule is CCC(C)NC(=O)CCC1=NNC2C3CC(c4cc(C)ccc4C)NN3C=CN12. The van der Waals surface area contributed by atoms with Gasteiger partial charge in [0.05, 0.1) is 12.1 Å². The lowest BCUT2D eigenvalue weighted by Crippen LogP contribution is -2.54. The largest absolute Gasteiger partial charge is 0.354 e. The van der Waals surface area contributed by atoms with Gasteiger partial charge in [0.2, 0.25) is 5.91 Å². The highest BCUT2D eigenvalue weighted by Gasteiger charge is 2.44. The van der Waals surface area contributed by atoms with Crippen LogP contribution in [0.15, 0.2) is 35.7 Å². The molecule has 1 fully saturated rings. The lowest BCUT2D eigenvalue weighted by Gasteiger charge is -2.37. The third-order valence-electron chi connectivity index (χ3n) is 6.22. The number of benzene rings is 1. The molecule has 0 radical (unpaired) electrons. The number of rotatable bonds is 6. The van der Waals surface area contributed by atoms with Crippen molar-refractivity contribution in [1.82, 2.24) is 26.1 Å². The van der Waals surface area contributed by atoms with Crippen molar-refractivity contribution < 1.29 is 4.79 Å². The third-order valence-corrected chi connectivity index (χ3v) is 6.22. The molecule has 1 saturated heterocycles. The van der Waals surface area contributed by atoms with Crippen LogP contribution in [0.3, 0.4) is 0 Å². The van der Waals surface area contributed by atoms with Crippen molar-refractivity contribution in [3.63, 3.8) is 0 Å². The first-order valence-corrected chi connectivity index (χ1v) is 10.7. The summed E-state index contributed by atoms with van der Waals surface area (Å²) in [6, 6.07) is 7.43. The molecule has 0 bridgehead atoms. The average molecular weight is 397 g/mol. The summed E-state index contributed by atoms with van der Waals surface area (Å²) in [5, 5.41) is 9.78. The van der Waals surface area contributed by atoms with Crippen LogP contribution in [-0.2, 0) is 4.79 Å². The van der Waals surface area contributed by atoms with Gasteiger partial charge in [-0.2, -0.15) is 5.10 Å². The van der Waals surface area contributed by atoms with Crippen molar-refractivity contribution >= 4 is 11.7 Å². The molecule has 3 heterocycles. The van der Waals surface area contributed by atoms with Gasteiger partial charge >= 0.3 is 0 Å². The fourth-order valence-electron chi connectivity index (χ4n) is 4.32. The summed E-state index contributed by atoms with van der Waals surface area (Å²) in [6.07, 6.45) is 7.28. The number of amidine groups is 1. The van der Waals surface area contributed by atoms with Crippen molar-refractivity contribution in [2.24, 2.45) is 5.10 Å². The van der Waals surface area contributed by atoms with Gasteiger partial charge in [-0.25, -0.2) is 5.43 Å². The lowest BCUT2D eigenvalue weighted by atomic mass is 9.95. The number of aryl methyl sites for hydroxylation is 2. The number of hydrogen-bond acceptors (Lipinski definition) is 6. The van der Waals surface area contributed by atoms with E-state index in [1.165, 1.54) is 16.7 Å². The molecular formula is C22H32N6O. The van der Waals surface area contributed by atoms with Crippen LogP contribution in [0.25, 0.3) is 0 Å². The monoisotopic (exact) mass is 396 g/mol. The van der Waals surface area contributed by atoms with E-state index in [2.05, 4.69) is 82.5 Å². The van der Waals surface area contributed by atoms with Crippen molar-refractivity contribution in [1.29, 1.82) is 0 Å². The van der Waals surface area contributed by atoms with Crippen LogP contribution in [0.5, 0.6) is 0 Å². The second-order valence-corrected chi connectivity index (χ2v) is 8.44. The van der Waals surface area contributed by atoms with Crippen LogP contribution in [0.4, 0.5) is 0 Å². The van der Waals surface area contributed by atoms with Crippen molar-refractivity contribution in [3.8, 4) is 0 Å². The molecule has 7 heteroatoms. The maximum atomic E-state index is 12.1. The highest BCUT2D eigenvalue weighted by Crippen LogP contribution is 2.35. The third kappa shape index (κ3) is 3.96. The summed E-state index contributed by atoms with van der Waals surface area (Å²) in [6.45, 7) is 8.42. The minimum atomic E-state index is 0.0886. The van der Waals surface area contributed by atoms with Gasteiger partial charge in [-0.15, -0.1) is 0 Å². The number of carbonyl (C=O) groups excluding carboxylic acids is 1. The highest BCUT2D eigenvalue weighted by molar-refractivity contribution is 5.89. The Labute approximate surface area is 173 Å². The fourth-order valence-corrected chi connectivity index (χ4v) is 4.32. The Kier molecular flexibility index (Phi) is 5.50. The normalized spacial score (nSPS) is 25.9. The zero-order chi connectivity index (χ0) is 20.5. The number of hydrazine groups is 1. The number of fused-ring (bicyclic) bond motifs is 3. The summed E-state index contributed by atoms with van der Waals surface area (Å²) in [5.74, 6) is 1.02. The highest BCUT2D eigenvalue weighted by atomic mass is 16.1. The molecule has 3 N–H and O–H groups in total. The van der Waals surface area contributed by atoms with E-state index in [-0.39, 0.29) is 30.2 Å². The lowest BCUT2D eigenvalue weighted by molar-refractivity contribution is -0.121. The Morgan fingerprint density at radius 1 is 1.34 bits per heavy atom. The van der Waals surface area contributed by atoms with Crippen LogP contribution < -0.4 is 16.2 Å². The zero-order valence-electron chi connectivity index (χ0n) is 17.8. The molecule has 29 heavy (non-hydrogen) atoms. The van der Waals surface area contributed by atoms with Crippen LogP contribution in [0.2, 0.25) is 0 Å². The van der Waals surface area contributed by atoms with E-state index in [9.17, 15) is 4.79 Å². The van der Waals surface area contributed by atoms with Crippen molar-refractivity contribution in [2.45, 2.75) is 77.7 Å². The maximum absolute atomic E-state index is 12.1. The quantitative estimate of drug-likeness (QED) is 0.690. The Morgan fingerprint density at radius 2 is 2.17 bits per heavy atom. The maximum Gasteiger partial charge on any atom is 0.220 e. The average Bonchev–Trinajstić information content (AvgIpc) is 3.31. The number of hydrogen-bond donors (Lipinski definition) is 3. The Balaban J connectivity index is 1.39. The second-order valence-electron chi connectivity index (χ2n) is 8.44. The van der Waals surface area contributed by atoms with Crippen LogP contribution in [0.1, 0.15) is 62.3 Å². The first-order chi connectivity index (χ1) is 14.0. The number of carbonyl (C=O) groups is 1. The summed E-state index contributed by atoms with van der Waals surface area (Å²) in [4.78, 5) is 14.3. The number of amides is 1. The fraction of sp³-hybridized carbons (Fsp3) is 0.545. The molecule has 0 spiro atoms. The van der Waals surface area contributed by atoms with E-state index in [1.807, 2.05) is 6.92 Å². The number of nitrogens with zero attached hydrogens (tertiary/aromatic N) is 3. The first-order valence-electron chi connectivity index (χ1n) is 10.7. The molecule has 1 aromatic rings. The molecule has 4 atom stereocenters. The Bertz CT molecular complexity index is 835. The predicted octanol–water partition coefficient (Wildman–Crippen LogP) is 2.65. The molecule has 4 unspecified atom stereocenters. The van der Waals surface area contributed by atoms with Gasteiger partial charge in [-0.05, 0) is 44.7 Å². The molecule has 3 aliphatic rings. The smallest absolute Gasteiger partial charge is 0.220 e. The van der Waals surface area contributed by atoms with Crippen LogP contribution >= 0.6 is 0 Å². The van der Waals surface area contributed by atoms with Gasteiger partial charge in [-0.3, -0.25) is 10.2 Å². The van der Waals surface area contributed by atoms with E-state index in [4.69, 9.17) is 0 Å². The molecule has 0 aliphatic carbocycles. The zero-order valence-corrected chi connectivity index (χ0v) is 17.8. The van der Waals surface area contributed by atoms with Crippen LogP contribution in [0, 0.1) is 13.8 Å².